The van der Waals surface area contributed by atoms with E-state index in [4.69, 9.17) is 0 Å². The number of nitrogens with one attached hydrogen (secondary N) is 1. The molecular weight excluding hydrogens is 653 g/mol. The van der Waals surface area contributed by atoms with E-state index in [0.717, 1.165) is 6.04 Å². The van der Waals surface area contributed by atoms with Crippen LogP contribution in [0.3, 0.4) is 0 Å². The first kappa shape index (κ1) is 30.2. The molecule has 1 fully saturated rings. The third-order valence-corrected chi connectivity index (χ3v) is 38.5. The van der Waals surface area contributed by atoms with Crippen molar-refractivity contribution in [3.05, 3.63) is 111 Å². The van der Waals surface area contributed by atoms with Gasteiger partial charge in [0.05, 0.1) is 0 Å². The summed E-state index contributed by atoms with van der Waals surface area (Å²) in [6, 6.07) is 33.1. The third-order valence-electron chi connectivity index (χ3n) is 9.14. The van der Waals surface area contributed by atoms with Gasteiger partial charge in [0.1, 0.15) is 0 Å². The van der Waals surface area contributed by atoms with Crippen molar-refractivity contribution in [1.82, 2.24) is 3.30 Å². The Kier molecular flexibility index (Phi) is 11.4. The van der Waals surface area contributed by atoms with Crippen LogP contribution in [0.15, 0.2) is 111 Å². The largest absolute Gasteiger partial charge is 0.0622 e. The fourth-order valence-electron chi connectivity index (χ4n) is 6.80. The topological polar surface area (TPSA) is 12.0 Å². The smallest absolute Gasteiger partial charge is 0.0184 e. The quantitative estimate of drug-likeness (QED) is 0.254. The van der Waals surface area contributed by atoms with E-state index in [2.05, 4.69) is 115 Å². The minimum Gasteiger partial charge on any atom is -0.0622 e. The zero-order chi connectivity index (χ0) is 27.7. The summed E-state index contributed by atoms with van der Waals surface area (Å²) in [5, 5.41) is 1.68. The van der Waals surface area contributed by atoms with Crippen LogP contribution in [0.2, 0.25) is 4.68 Å². The molecule has 0 aliphatic heterocycles. The fraction of sp³-hybridized carbons (Fsp3) is 0.389. The summed E-state index contributed by atoms with van der Waals surface area (Å²) >= 11 is -2.76. The molecule has 0 bridgehead atoms. The molecule has 2 unspecified atom stereocenters. The van der Waals surface area contributed by atoms with Crippen molar-refractivity contribution >= 4 is 11.9 Å². The second-order valence-electron chi connectivity index (χ2n) is 12.0. The SMILES string of the molecule is CC1=C(C)C(C)[C]([Hf]([CH3])([NH]C2CCCCCCC2)[SiH2]c2ccccc2)=C1C.c1ccc(-c2ccccc2)cc1. The Labute approximate surface area is 244 Å². The van der Waals surface area contributed by atoms with Gasteiger partial charge in [-0.2, -0.15) is 0 Å². The molecule has 3 aromatic rings. The molecule has 0 spiro atoms. The summed E-state index contributed by atoms with van der Waals surface area (Å²) in [7, 11) is 0. The molecule has 2 aliphatic carbocycles. The van der Waals surface area contributed by atoms with Crippen LogP contribution in [0.1, 0.15) is 72.6 Å². The maximum Gasteiger partial charge on any atom is -0.0184 e. The molecule has 0 radical (unpaired) electrons. The van der Waals surface area contributed by atoms with E-state index < -0.39 is 19.4 Å². The van der Waals surface area contributed by atoms with Gasteiger partial charge >= 0.3 is 174 Å². The Morgan fingerprint density at radius 3 is 1.56 bits per heavy atom. The van der Waals surface area contributed by atoms with E-state index in [-0.39, 0.29) is 6.71 Å². The standard InChI is InChI=1S/C12H10.C9H13.C8H16N.C6H7Si.CH3.Hf/c1-3-7-11(8-4-1)12-9-5-2-6-10-12;1-6-5-7(2)9(4)8(6)3;9-8-6-4-2-1-3-5-7-8;7-6-4-2-1-3-5-6;;/h1-10H;6H,1-4H3;8-9H,1-7H2;1-5H,7H2;1H3;/q;;-1;;;+1. The number of hydrogen-bond acceptors (Lipinski definition) is 1. The van der Waals surface area contributed by atoms with Crippen molar-refractivity contribution < 1.29 is 19.4 Å². The first-order valence-electron chi connectivity index (χ1n) is 15.2. The number of rotatable bonds is 6. The molecule has 206 valence electrons. The van der Waals surface area contributed by atoms with Crippen LogP contribution >= 0.6 is 0 Å². The normalized spacial score (nSPS) is 20.4. The van der Waals surface area contributed by atoms with E-state index in [0.29, 0.717) is 5.92 Å². The molecule has 2 aliphatic rings. The van der Waals surface area contributed by atoms with E-state index in [9.17, 15) is 0 Å². The molecule has 39 heavy (non-hydrogen) atoms. The van der Waals surface area contributed by atoms with Crippen LogP contribution in [0.5, 0.6) is 0 Å². The summed E-state index contributed by atoms with van der Waals surface area (Å²) in [5.74, 6) is 0.675. The van der Waals surface area contributed by atoms with Crippen molar-refractivity contribution in [2.75, 3.05) is 0 Å². The van der Waals surface area contributed by atoms with Crippen molar-refractivity contribution in [3.63, 3.8) is 0 Å². The molecule has 0 amide bonds. The Morgan fingerprint density at radius 2 is 1.10 bits per heavy atom. The second kappa shape index (κ2) is 14.7. The van der Waals surface area contributed by atoms with Gasteiger partial charge in [-0.05, 0) is 11.1 Å². The Bertz CT molecular complexity index is 1190. The molecule has 3 heteroatoms. The zero-order valence-electron chi connectivity index (χ0n) is 25.0. The maximum absolute atomic E-state index is 4.49. The van der Waals surface area contributed by atoms with Crippen LogP contribution in [-0.4, -0.2) is 12.7 Å². The molecule has 1 N–H and O–H groups in total. The number of hydrogen-bond donors (Lipinski definition) is 1. The summed E-state index contributed by atoms with van der Waals surface area (Å²) in [5.41, 5.74) is 7.43. The Balaban J connectivity index is 0.000000243. The average molecular weight is 702 g/mol. The minimum atomic E-state index is -2.76. The summed E-state index contributed by atoms with van der Waals surface area (Å²) < 4.78 is 9.16. The van der Waals surface area contributed by atoms with Crippen molar-refractivity contribution in [2.24, 2.45) is 5.92 Å². The van der Waals surface area contributed by atoms with E-state index in [1.807, 2.05) is 15.5 Å². The maximum atomic E-state index is 4.49. The molecule has 1 nitrogen and oxygen atoms in total. The first-order chi connectivity index (χ1) is 18.9. The molecule has 0 saturated heterocycles. The second-order valence-corrected chi connectivity index (χ2v) is 41.1. The van der Waals surface area contributed by atoms with Crippen LogP contribution in [0.25, 0.3) is 11.1 Å². The molecule has 0 aromatic heterocycles. The summed E-state index contributed by atoms with van der Waals surface area (Å²) in [6.07, 6.45) is 10.0. The van der Waals surface area contributed by atoms with Crippen LogP contribution in [0.4, 0.5) is 0 Å². The Morgan fingerprint density at radius 1 is 0.641 bits per heavy atom. The van der Waals surface area contributed by atoms with Crippen molar-refractivity contribution in [2.45, 2.75) is 83.4 Å². The third kappa shape index (κ3) is 8.12. The molecule has 2 atom stereocenters. The van der Waals surface area contributed by atoms with E-state index >= 15 is 0 Å². The number of benzene rings is 3. The van der Waals surface area contributed by atoms with Gasteiger partial charge in [-0.15, -0.1) is 0 Å². The zero-order valence-corrected chi connectivity index (χ0v) is 30.0. The first-order valence-corrected chi connectivity index (χ1v) is 31.4. The van der Waals surface area contributed by atoms with Gasteiger partial charge in [0, 0.05) is 0 Å². The molecule has 3 aromatic carbocycles. The van der Waals surface area contributed by atoms with Crippen molar-refractivity contribution in [3.8, 4) is 11.1 Å². The van der Waals surface area contributed by atoms with Gasteiger partial charge in [0.2, 0.25) is 0 Å². The molecule has 5 rings (SSSR count). The van der Waals surface area contributed by atoms with Gasteiger partial charge in [0.15, 0.2) is 0 Å². The predicted molar refractivity (Wildman–Crippen MR) is 172 cm³/mol. The van der Waals surface area contributed by atoms with Crippen LogP contribution in [-0.2, 0) is 19.4 Å². The Hall–Kier alpha value is -1.81. The average Bonchev–Trinajstić information content (AvgIpc) is 3.14. The molecule has 0 heterocycles. The van der Waals surface area contributed by atoms with Crippen molar-refractivity contribution in [1.29, 1.82) is 0 Å². The molecule has 1 saturated carbocycles. The predicted octanol–water partition coefficient (Wildman–Crippen LogP) is 8.83. The molecular formula is C36H49HfNSi. The summed E-state index contributed by atoms with van der Waals surface area (Å²) in [6.45, 7) is 9.39. The monoisotopic (exact) mass is 703 g/mol. The van der Waals surface area contributed by atoms with E-state index in [1.165, 1.54) is 56.1 Å². The fourth-order valence-corrected chi connectivity index (χ4v) is 42.6. The number of allylic oxidation sites excluding steroid dienone is 4. The van der Waals surface area contributed by atoms with Gasteiger partial charge in [-0.1, -0.05) is 60.7 Å². The van der Waals surface area contributed by atoms with Gasteiger partial charge in [0.25, 0.3) is 0 Å². The van der Waals surface area contributed by atoms with Crippen LogP contribution in [0, 0.1) is 5.92 Å². The van der Waals surface area contributed by atoms with Gasteiger partial charge < -0.3 is 0 Å². The van der Waals surface area contributed by atoms with Gasteiger partial charge in [-0.3, -0.25) is 0 Å². The van der Waals surface area contributed by atoms with E-state index in [1.54, 1.807) is 21.9 Å². The minimum absolute atomic E-state index is 0.271. The van der Waals surface area contributed by atoms with Gasteiger partial charge in [-0.25, -0.2) is 0 Å². The van der Waals surface area contributed by atoms with Crippen LogP contribution < -0.4 is 8.49 Å². The summed E-state index contributed by atoms with van der Waals surface area (Å²) in [4.78, 5) is 0.